The van der Waals surface area contributed by atoms with E-state index in [1.54, 1.807) is 37.8 Å². The minimum Gasteiger partial charge on any atom is -0.433 e. The molecule has 4 amide bonds. The van der Waals surface area contributed by atoms with Crippen LogP contribution in [0.1, 0.15) is 77.6 Å². The Kier molecular flexibility index (Phi) is 9.52. The second-order valence-electron chi connectivity index (χ2n) is 12.6. The molecule has 1 aliphatic carbocycles. The van der Waals surface area contributed by atoms with E-state index in [0.717, 1.165) is 12.8 Å². The fourth-order valence-electron chi connectivity index (χ4n) is 5.97. The maximum atomic E-state index is 14.2. The van der Waals surface area contributed by atoms with Gasteiger partial charge in [0.15, 0.2) is 0 Å². The number of carbonyl (C=O) groups excluding carboxylic acids is 5. The Bertz CT molecular complexity index is 1250. The number of hydrogen-bond acceptors (Lipinski definition) is 7. The van der Waals surface area contributed by atoms with Crippen molar-refractivity contribution < 1.29 is 33.4 Å². The van der Waals surface area contributed by atoms with Crippen molar-refractivity contribution in [2.45, 2.75) is 97.7 Å². The topological polar surface area (TPSA) is 143 Å². The molecule has 0 spiro atoms. The van der Waals surface area contributed by atoms with Gasteiger partial charge in [-0.1, -0.05) is 52.3 Å². The van der Waals surface area contributed by atoms with Gasteiger partial charge in [-0.25, -0.2) is 0 Å². The van der Waals surface area contributed by atoms with Gasteiger partial charge in [0.05, 0.1) is 22.7 Å². The second kappa shape index (κ2) is 12.6. The highest BCUT2D eigenvalue weighted by atomic mass is 35.5. The largest absolute Gasteiger partial charge is 0.433 e. The molecule has 6 atom stereocenters. The van der Waals surface area contributed by atoms with E-state index < -0.39 is 41.7 Å². The Morgan fingerprint density at radius 2 is 1.88 bits per heavy atom. The van der Waals surface area contributed by atoms with E-state index in [1.165, 1.54) is 6.07 Å². The van der Waals surface area contributed by atoms with Crippen LogP contribution in [0.15, 0.2) is 18.2 Å². The highest BCUT2D eigenvalue weighted by molar-refractivity contribution is 6.37. The third-order valence-corrected chi connectivity index (χ3v) is 8.55. The predicted octanol–water partition coefficient (Wildman–Crippen LogP) is 3.25. The monoisotopic (exact) mass is 604 g/mol. The number of benzene rings is 1. The van der Waals surface area contributed by atoms with E-state index >= 15 is 0 Å². The lowest BCUT2D eigenvalue weighted by Gasteiger charge is -2.40. The third-order valence-electron chi connectivity index (χ3n) is 8.14. The minimum absolute atomic E-state index is 0.0106. The molecule has 2 saturated heterocycles. The Hall–Kier alpha value is -3.18. The highest BCUT2D eigenvalue weighted by Gasteiger charge is 2.54. The van der Waals surface area contributed by atoms with Crippen LogP contribution < -0.4 is 16.0 Å². The molecule has 3 unspecified atom stereocenters. The van der Waals surface area contributed by atoms with Gasteiger partial charge in [0.1, 0.15) is 18.1 Å². The summed E-state index contributed by atoms with van der Waals surface area (Å²) in [6, 6.07) is 2.24. The number of ether oxygens (including phenoxy) is 2. The summed E-state index contributed by atoms with van der Waals surface area (Å²) in [6.45, 7) is 11.1. The molecule has 2 aliphatic heterocycles. The van der Waals surface area contributed by atoms with Crippen molar-refractivity contribution in [1.82, 2.24) is 15.5 Å². The first-order valence-electron chi connectivity index (χ1n) is 14.6. The van der Waals surface area contributed by atoms with Gasteiger partial charge in [-0.2, -0.15) is 0 Å². The molecule has 2 bridgehead atoms. The molecule has 11 nitrogen and oxygen atoms in total. The summed E-state index contributed by atoms with van der Waals surface area (Å²) in [6.07, 6.45) is 1.37. The number of hydrogen-bond donors (Lipinski definition) is 3. The SMILES string of the molecule is CCO[C@@H]1OC(=O)CC1NC(=O)[C@@H]1[C@H]2CCC(C2)N1C(=O)C(NC(=O)c1cccc(NC(=O)C(C)C)c1Cl)C(C)(C)C. The van der Waals surface area contributed by atoms with Crippen molar-refractivity contribution in [3.63, 3.8) is 0 Å². The molecule has 3 fully saturated rings. The minimum atomic E-state index is -0.975. The number of carbonyl (C=O) groups is 5. The number of halogens is 1. The molecule has 2 heterocycles. The van der Waals surface area contributed by atoms with Crippen LogP contribution in [0, 0.1) is 17.3 Å². The molecular weight excluding hydrogens is 564 g/mol. The van der Waals surface area contributed by atoms with Crippen molar-refractivity contribution in [2.75, 3.05) is 11.9 Å². The maximum absolute atomic E-state index is 14.2. The molecule has 230 valence electrons. The Labute approximate surface area is 251 Å². The van der Waals surface area contributed by atoms with E-state index in [0.29, 0.717) is 18.7 Å². The lowest BCUT2D eigenvalue weighted by atomic mass is 9.84. The molecule has 0 aromatic heterocycles. The second-order valence-corrected chi connectivity index (χ2v) is 13.0. The van der Waals surface area contributed by atoms with E-state index in [4.69, 9.17) is 21.1 Å². The van der Waals surface area contributed by atoms with Crippen LogP contribution in [0.2, 0.25) is 5.02 Å². The number of amides is 4. The van der Waals surface area contributed by atoms with Crippen LogP contribution in [-0.4, -0.2) is 71.6 Å². The van der Waals surface area contributed by atoms with Gasteiger partial charge in [-0.15, -0.1) is 0 Å². The molecule has 42 heavy (non-hydrogen) atoms. The standard InChI is InChI=1S/C30H41ClN4O7/c1-7-41-29-20(14-21(36)42-29)33-27(39)23-16-11-12-17(13-16)35(23)28(40)24(30(4,5)6)34-26(38)18-9-8-10-19(22(18)31)32-25(37)15(2)3/h8-10,15-17,20,23-24,29H,7,11-14H2,1-6H3,(H,32,37)(H,33,39)(H,34,38)/t16-,17?,20?,23-,24?,29+/m0/s1. The van der Waals surface area contributed by atoms with E-state index in [9.17, 15) is 24.0 Å². The Morgan fingerprint density at radius 1 is 1.17 bits per heavy atom. The van der Waals surface area contributed by atoms with Gasteiger partial charge in [-0.05, 0) is 49.7 Å². The number of cyclic esters (lactones) is 1. The molecule has 3 N–H and O–H groups in total. The number of esters is 1. The number of likely N-dealkylation sites (tertiary alicyclic amines) is 1. The summed E-state index contributed by atoms with van der Waals surface area (Å²) in [7, 11) is 0. The lowest BCUT2D eigenvalue weighted by molar-refractivity contribution is -0.165. The fraction of sp³-hybridized carbons (Fsp3) is 0.633. The average Bonchev–Trinajstić information content (AvgIpc) is 3.62. The summed E-state index contributed by atoms with van der Waals surface area (Å²) < 4.78 is 10.7. The number of anilines is 1. The van der Waals surface area contributed by atoms with Crippen molar-refractivity contribution in [2.24, 2.45) is 17.3 Å². The molecule has 12 heteroatoms. The van der Waals surface area contributed by atoms with E-state index in [-0.39, 0.29) is 52.6 Å². The molecule has 1 aromatic rings. The first-order chi connectivity index (χ1) is 19.7. The Balaban J connectivity index is 1.55. The summed E-state index contributed by atoms with van der Waals surface area (Å²) in [5.74, 6) is -2.31. The van der Waals surface area contributed by atoms with Gasteiger partial charge >= 0.3 is 5.97 Å². The Morgan fingerprint density at radius 3 is 2.52 bits per heavy atom. The van der Waals surface area contributed by atoms with Crippen LogP contribution in [0.4, 0.5) is 5.69 Å². The quantitative estimate of drug-likeness (QED) is 0.367. The highest BCUT2D eigenvalue weighted by Crippen LogP contribution is 2.44. The zero-order valence-electron chi connectivity index (χ0n) is 25.0. The first-order valence-corrected chi connectivity index (χ1v) is 14.9. The molecular formula is C30H41ClN4O7. The average molecular weight is 605 g/mol. The number of rotatable bonds is 9. The molecule has 0 radical (unpaired) electrons. The fourth-order valence-corrected chi connectivity index (χ4v) is 6.23. The number of fused-ring (bicyclic) bond motifs is 2. The summed E-state index contributed by atoms with van der Waals surface area (Å²) in [5, 5.41) is 8.56. The van der Waals surface area contributed by atoms with Crippen molar-refractivity contribution >= 4 is 46.9 Å². The van der Waals surface area contributed by atoms with Gasteiger partial charge in [0.25, 0.3) is 5.91 Å². The zero-order valence-corrected chi connectivity index (χ0v) is 25.7. The maximum Gasteiger partial charge on any atom is 0.310 e. The van der Waals surface area contributed by atoms with Gasteiger partial charge < -0.3 is 30.3 Å². The van der Waals surface area contributed by atoms with E-state index in [1.807, 2.05) is 20.8 Å². The van der Waals surface area contributed by atoms with E-state index in [2.05, 4.69) is 16.0 Å². The summed E-state index contributed by atoms with van der Waals surface area (Å²) in [5.41, 5.74) is -0.294. The third kappa shape index (κ3) is 6.57. The number of nitrogens with zero attached hydrogens (tertiary/aromatic N) is 1. The van der Waals surface area contributed by atoms with Gasteiger partial charge in [0, 0.05) is 18.6 Å². The summed E-state index contributed by atoms with van der Waals surface area (Å²) in [4.78, 5) is 67.1. The van der Waals surface area contributed by atoms with Gasteiger partial charge in [0.2, 0.25) is 24.0 Å². The first kappa shape index (κ1) is 31.7. The van der Waals surface area contributed by atoms with Crippen molar-refractivity contribution in [3.8, 4) is 0 Å². The zero-order chi connectivity index (χ0) is 30.9. The van der Waals surface area contributed by atoms with Crippen molar-refractivity contribution in [1.29, 1.82) is 0 Å². The number of nitrogens with one attached hydrogen (secondary N) is 3. The summed E-state index contributed by atoms with van der Waals surface area (Å²) >= 11 is 6.53. The molecule has 3 aliphatic rings. The van der Waals surface area contributed by atoms with Gasteiger partial charge in [-0.3, -0.25) is 24.0 Å². The van der Waals surface area contributed by atoms with Crippen molar-refractivity contribution in [3.05, 3.63) is 28.8 Å². The lowest BCUT2D eigenvalue weighted by Crippen LogP contribution is -2.62. The predicted molar refractivity (Wildman–Crippen MR) is 155 cm³/mol. The number of piperidine rings is 1. The smallest absolute Gasteiger partial charge is 0.310 e. The van der Waals surface area contributed by atoms with Crippen LogP contribution >= 0.6 is 11.6 Å². The normalized spacial score (nSPS) is 25.8. The molecule has 1 saturated carbocycles. The van der Waals surface area contributed by atoms with Crippen LogP contribution in [0.5, 0.6) is 0 Å². The van der Waals surface area contributed by atoms with Crippen LogP contribution in [0.3, 0.4) is 0 Å². The van der Waals surface area contributed by atoms with Crippen LogP contribution in [-0.2, 0) is 28.7 Å². The molecule has 1 aromatic carbocycles. The van der Waals surface area contributed by atoms with Crippen LogP contribution in [0.25, 0.3) is 0 Å². The molecule has 4 rings (SSSR count).